The smallest absolute Gasteiger partial charge is 0.151 e. The molecule has 0 spiro atoms. The number of nitrogens with one attached hydrogen (secondary N) is 1. The first-order chi connectivity index (χ1) is 9.24. The third-order valence-corrected chi connectivity index (χ3v) is 3.53. The van der Waals surface area contributed by atoms with Gasteiger partial charge in [-0.15, -0.1) is 10.2 Å². The van der Waals surface area contributed by atoms with E-state index in [4.69, 9.17) is 22.1 Å². The van der Waals surface area contributed by atoms with Gasteiger partial charge in [0.1, 0.15) is 5.82 Å². The van der Waals surface area contributed by atoms with E-state index in [0.29, 0.717) is 17.3 Å². The maximum absolute atomic E-state index is 5.86. The Hall–Kier alpha value is -0.910. The quantitative estimate of drug-likeness (QED) is 0.784. The van der Waals surface area contributed by atoms with Gasteiger partial charge in [-0.2, -0.15) is 0 Å². The minimum atomic E-state index is 0.380. The van der Waals surface area contributed by atoms with Crippen molar-refractivity contribution < 1.29 is 4.74 Å². The van der Waals surface area contributed by atoms with Gasteiger partial charge in [0.2, 0.25) is 0 Å². The van der Waals surface area contributed by atoms with Crippen LogP contribution in [0, 0.1) is 0 Å². The van der Waals surface area contributed by atoms with Crippen molar-refractivity contribution in [3.05, 3.63) is 17.3 Å². The van der Waals surface area contributed by atoms with Gasteiger partial charge in [0.15, 0.2) is 5.15 Å². The fraction of sp³-hybridized carbons (Fsp3) is 0.692. The van der Waals surface area contributed by atoms with E-state index in [1.165, 1.54) is 0 Å². The second-order valence-corrected chi connectivity index (χ2v) is 5.32. The Kier molecular flexibility index (Phi) is 5.82. The molecule has 1 aromatic heterocycles. The lowest BCUT2D eigenvalue weighted by Crippen LogP contribution is -2.30. The summed E-state index contributed by atoms with van der Waals surface area (Å²) in [5.74, 6) is 0.744. The van der Waals surface area contributed by atoms with Gasteiger partial charge < -0.3 is 15.8 Å². The molecule has 1 aromatic rings. The van der Waals surface area contributed by atoms with Crippen LogP contribution in [0.1, 0.15) is 32.1 Å². The summed E-state index contributed by atoms with van der Waals surface area (Å²) in [5.41, 5.74) is 5.86. The fourth-order valence-electron chi connectivity index (χ4n) is 2.20. The van der Waals surface area contributed by atoms with Crippen LogP contribution in [0.15, 0.2) is 12.1 Å². The highest BCUT2D eigenvalue weighted by molar-refractivity contribution is 6.29. The summed E-state index contributed by atoms with van der Waals surface area (Å²) in [7, 11) is 0. The lowest BCUT2D eigenvalue weighted by Gasteiger charge is -2.26. The predicted octanol–water partition coefficient (Wildman–Crippen LogP) is 2.22. The van der Waals surface area contributed by atoms with E-state index in [1.807, 2.05) is 6.07 Å². The third-order valence-electron chi connectivity index (χ3n) is 3.33. The number of halogens is 1. The van der Waals surface area contributed by atoms with Crippen LogP contribution in [0.5, 0.6) is 0 Å². The van der Waals surface area contributed by atoms with Crippen molar-refractivity contribution in [2.24, 2.45) is 5.73 Å². The Balaban J connectivity index is 1.53. The standard InChI is InChI=1S/C13H21ClN4O/c14-12-6-7-13(18-17-12)16-8-1-9-19-11-4-2-10(15)3-5-11/h6-7,10-11H,1-5,8-9,15H2,(H,16,18). The average Bonchev–Trinajstić information content (AvgIpc) is 2.43. The fourth-order valence-corrected chi connectivity index (χ4v) is 2.30. The molecule has 1 saturated carbocycles. The lowest BCUT2D eigenvalue weighted by molar-refractivity contribution is 0.0251. The van der Waals surface area contributed by atoms with Crippen LogP contribution in [0.25, 0.3) is 0 Å². The number of hydrogen-bond donors (Lipinski definition) is 2. The van der Waals surface area contributed by atoms with E-state index >= 15 is 0 Å². The molecule has 0 radical (unpaired) electrons. The number of nitrogens with two attached hydrogens (primary N) is 1. The zero-order chi connectivity index (χ0) is 13.5. The number of ether oxygens (including phenoxy) is 1. The molecule has 0 saturated heterocycles. The van der Waals surface area contributed by atoms with Gasteiger partial charge in [0.25, 0.3) is 0 Å². The minimum absolute atomic E-state index is 0.380. The van der Waals surface area contributed by atoms with E-state index in [-0.39, 0.29) is 0 Å². The molecular formula is C13H21ClN4O. The maximum Gasteiger partial charge on any atom is 0.151 e. The van der Waals surface area contributed by atoms with Gasteiger partial charge in [-0.05, 0) is 44.2 Å². The highest BCUT2D eigenvalue weighted by Gasteiger charge is 2.18. The van der Waals surface area contributed by atoms with E-state index < -0.39 is 0 Å². The van der Waals surface area contributed by atoms with Crippen molar-refractivity contribution in [3.63, 3.8) is 0 Å². The van der Waals surface area contributed by atoms with Crippen molar-refractivity contribution in [1.29, 1.82) is 0 Å². The van der Waals surface area contributed by atoms with Crippen LogP contribution in [0.2, 0.25) is 5.15 Å². The van der Waals surface area contributed by atoms with Gasteiger partial charge in [-0.1, -0.05) is 11.6 Å². The minimum Gasteiger partial charge on any atom is -0.378 e. The Morgan fingerprint density at radius 2 is 2.05 bits per heavy atom. The van der Waals surface area contributed by atoms with E-state index in [0.717, 1.165) is 51.1 Å². The Bertz CT molecular complexity index is 365. The first-order valence-electron chi connectivity index (χ1n) is 6.84. The summed E-state index contributed by atoms with van der Waals surface area (Å²) in [6.07, 6.45) is 5.71. The van der Waals surface area contributed by atoms with Crippen molar-refractivity contribution in [2.75, 3.05) is 18.5 Å². The maximum atomic E-state index is 5.86. The molecule has 0 unspecified atom stereocenters. The first kappa shape index (κ1) is 14.5. The number of aromatic nitrogens is 2. The molecule has 1 heterocycles. The molecule has 6 heteroatoms. The number of nitrogens with zero attached hydrogens (tertiary/aromatic N) is 2. The van der Waals surface area contributed by atoms with Crippen LogP contribution in [-0.4, -0.2) is 35.5 Å². The van der Waals surface area contributed by atoms with E-state index in [1.54, 1.807) is 6.07 Å². The highest BCUT2D eigenvalue weighted by Crippen LogP contribution is 2.19. The second kappa shape index (κ2) is 7.62. The normalized spacial score (nSPS) is 23.3. The molecule has 0 amide bonds. The van der Waals surface area contributed by atoms with Crippen LogP contribution >= 0.6 is 11.6 Å². The summed E-state index contributed by atoms with van der Waals surface area (Å²) in [6, 6.07) is 3.92. The molecule has 5 nitrogen and oxygen atoms in total. The Morgan fingerprint density at radius 1 is 1.26 bits per heavy atom. The van der Waals surface area contributed by atoms with Gasteiger partial charge in [0.05, 0.1) is 6.10 Å². The first-order valence-corrected chi connectivity index (χ1v) is 7.22. The third kappa shape index (κ3) is 5.30. The zero-order valence-electron chi connectivity index (χ0n) is 11.0. The van der Waals surface area contributed by atoms with E-state index in [2.05, 4.69) is 15.5 Å². The van der Waals surface area contributed by atoms with Gasteiger partial charge in [-0.25, -0.2) is 0 Å². The molecule has 1 fully saturated rings. The van der Waals surface area contributed by atoms with E-state index in [9.17, 15) is 0 Å². The lowest BCUT2D eigenvalue weighted by atomic mass is 9.94. The zero-order valence-corrected chi connectivity index (χ0v) is 11.8. The molecule has 1 aliphatic carbocycles. The molecule has 0 atom stereocenters. The summed E-state index contributed by atoms with van der Waals surface area (Å²) < 4.78 is 5.84. The van der Waals surface area contributed by atoms with Crippen molar-refractivity contribution >= 4 is 17.4 Å². The molecule has 0 aliphatic heterocycles. The largest absolute Gasteiger partial charge is 0.378 e. The van der Waals surface area contributed by atoms with Crippen molar-refractivity contribution in [2.45, 2.75) is 44.2 Å². The molecule has 1 aliphatic rings. The van der Waals surface area contributed by atoms with Crippen LogP contribution < -0.4 is 11.1 Å². The molecule has 0 bridgehead atoms. The van der Waals surface area contributed by atoms with Gasteiger partial charge in [-0.3, -0.25) is 0 Å². The Morgan fingerprint density at radius 3 is 2.74 bits per heavy atom. The average molecular weight is 285 g/mol. The predicted molar refractivity (Wildman–Crippen MR) is 76.3 cm³/mol. The Labute approximate surface area is 118 Å². The van der Waals surface area contributed by atoms with Gasteiger partial charge >= 0.3 is 0 Å². The molecule has 0 aromatic carbocycles. The number of hydrogen-bond acceptors (Lipinski definition) is 5. The summed E-state index contributed by atoms with van der Waals surface area (Å²) in [4.78, 5) is 0. The molecule has 3 N–H and O–H groups in total. The highest BCUT2D eigenvalue weighted by atomic mass is 35.5. The molecule has 2 rings (SSSR count). The van der Waals surface area contributed by atoms with Crippen LogP contribution in [-0.2, 0) is 4.74 Å². The number of rotatable bonds is 6. The topological polar surface area (TPSA) is 73.1 Å². The van der Waals surface area contributed by atoms with Crippen molar-refractivity contribution in [3.8, 4) is 0 Å². The van der Waals surface area contributed by atoms with Crippen LogP contribution in [0.4, 0.5) is 5.82 Å². The molecule has 106 valence electrons. The van der Waals surface area contributed by atoms with Crippen LogP contribution in [0.3, 0.4) is 0 Å². The number of anilines is 1. The summed E-state index contributed by atoms with van der Waals surface area (Å²) in [5, 5.41) is 11.3. The van der Waals surface area contributed by atoms with Crippen molar-refractivity contribution in [1.82, 2.24) is 10.2 Å². The molecule has 19 heavy (non-hydrogen) atoms. The summed E-state index contributed by atoms with van der Waals surface area (Å²) in [6.45, 7) is 1.59. The monoisotopic (exact) mass is 284 g/mol. The molecular weight excluding hydrogens is 264 g/mol. The van der Waals surface area contributed by atoms with Gasteiger partial charge in [0, 0.05) is 19.2 Å². The SMILES string of the molecule is NC1CCC(OCCCNc2ccc(Cl)nn2)CC1. The second-order valence-electron chi connectivity index (χ2n) is 4.93. The summed E-state index contributed by atoms with van der Waals surface area (Å²) >= 11 is 5.66.